The van der Waals surface area contributed by atoms with Gasteiger partial charge in [0.25, 0.3) is 9.05 Å². The topological polar surface area (TPSA) is 57.9 Å². The van der Waals surface area contributed by atoms with Gasteiger partial charge in [-0.1, -0.05) is 0 Å². The Balaban J connectivity index is 3.61. The Kier molecular flexibility index (Phi) is 3.14. The van der Waals surface area contributed by atoms with Crippen molar-refractivity contribution in [2.24, 2.45) is 0 Å². The lowest BCUT2D eigenvalue weighted by Gasteiger charge is -2.01. The van der Waals surface area contributed by atoms with Crippen molar-refractivity contribution in [2.45, 2.75) is 4.90 Å². The number of benzene rings is 1. The van der Waals surface area contributed by atoms with Gasteiger partial charge in [-0.05, 0) is 28.1 Å². The van der Waals surface area contributed by atoms with E-state index in [1.807, 2.05) is 0 Å². The summed E-state index contributed by atoms with van der Waals surface area (Å²) < 4.78 is 34.7. The summed E-state index contributed by atoms with van der Waals surface area (Å²) >= 11 is 2.79. The van der Waals surface area contributed by atoms with E-state index in [9.17, 15) is 12.8 Å². The molecule has 0 spiro atoms. The van der Waals surface area contributed by atoms with Crippen LogP contribution in [0.2, 0.25) is 0 Å². The van der Waals surface area contributed by atoms with Gasteiger partial charge in [-0.15, -0.1) is 0 Å². The molecular formula is C7H2BrClFNO2S. The van der Waals surface area contributed by atoms with Crippen LogP contribution in [0.5, 0.6) is 0 Å². The van der Waals surface area contributed by atoms with E-state index >= 15 is 0 Å². The molecule has 14 heavy (non-hydrogen) atoms. The molecule has 0 saturated heterocycles. The third-order valence-electron chi connectivity index (χ3n) is 1.41. The van der Waals surface area contributed by atoms with Crippen molar-refractivity contribution < 1.29 is 12.8 Å². The van der Waals surface area contributed by atoms with Gasteiger partial charge in [0.2, 0.25) is 0 Å². The second kappa shape index (κ2) is 3.85. The van der Waals surface area contributed by atoms with E-state index in [0.29, 0.717) is 0 Å². The minimum absolute atomic E-state index is 0.0595. The summed E-state index contributed by atoms with van der Waals surface area (Å²) in [6.07, 6.45) is 0. The average Bonchev–Trinajstić information content (AvgIpc) is 2.07. The summed E-state index contributed by atoms with van der Waals surface area (Å²) in [5.74, 6) is -0.717. The Hall–Kier alpha value is -0.640. The highest BCUT2D eigenvalue weighted by Crippen LogP contribution is 2.26. The van der Waals surface area contributed by atoms with Crippen LogP contribution in [0.15, 0.2) is 21.5 Å². The first-order valence-corrected chi connectivity index (χ1v) is 6.30. The van der Waals surface area contributed by atoms with Gasteiger partial charge in [0.15, 0.2) is 0 Å². The van der Waals surface area contributed by atoms with Crippen LogP contribution in [0, 0.1) is 17.1 Å². The van der Waals surface area contributed by atoms with Crippen molar-refractivity contribution in [1.82, 2.24) is 0 Å². The van der Waals surface area contributed by atoms with Crippen LogP contribution in [0.4, 0.5) is 4.39 Å². The molecule has 0 aliphatic carbocycles. The Bertz CT molecular complexity index is 523. The maximum atomic E-state index is 12.9. The van der Waals surface area contributed by atoms with E-state index < -0.39 is 19.8 Å². The molecule has 0 fully saturated rings. The molecule has 1 rings (SSSR count). The monoisotopic (exact) mass is 297 g/mol. The quantitative estimate of drug-likeness (QED) is 0.748. The smallest absolute Gasteiger partial charge is 0.207 e. The van der Waals surface area contributed by atoms with Crippen LogP contribution in [-0.2, 0) is 9.05 Å². The number of nitriles is 1. The normalized spacial score (nSPS) is 11.0. The Morgan fingerprint density at radius 2 is 2.07 bits per heavy atom. The molecule has 0 aromatic heterocycles. The molecule has 0 N–H and O–H groups in total. The average molecular weight is 299 g/mol. The zero-order valence-electron chi connectivity index (χ0n) is 6.46. The van der Waals surface area contributed by atoms with Crippen molar-refractivity contribution in [1.29, 1.82) is 5.26 Å². The fourth-order valence-electron chi connectivity index (χ4n) is 0.818. The highest BCUT2D eigenvalue weighted by molar-refractivity contribution is 9.10. The standard InChI is InChI=1S/C7H2BrClFNO2S/c8-5-2-7(14(9,12)13)4(3-11)1-6(5)10/h1-2H. The number of hydrogen-bond acceptors (Lipinski definition) is 3. The van der Waals surface area contributed by atoms with Gasteiger partial charge in [0.1, 0.15) is 16.8 Å². The molecule has 0 saturated carbocycles. The molecule has 7 heteroatoms. The molecule has 0 bridgehead atoms. The van der Waals surface area contributed by atoms with E-state index in [1.54, 1.807) is 6.07 Å². The van der Waals surface area contributed by atoms with Gasteiger partial charge in [-0.2, -0.15) is 5.26 Å². The third kappa shape index (κ3) is 2.23. The SMILES string of the molecule is N#Cc1cc(F)c(Br)cc1S(=O)(=O)Cl. The minimum Gasteiger partial charge on any atom is -0.207 e. The molecule has 0 aliphatic heterocycles. The second-order valence-corrected chi connectivity index (χ2v) is 5.70. The van der Waals surface area contributed by atoms with Gasteiger partial charge >= 0.3 is 0 Å². The summed E-state index contributed by atoms with van der Waals surface area (Å²) in [7, 11) is 1.01. The molecule has 3 nitrogen and oxygen atoms in total. The van der Waals surface area contributed by atoms with Crippen LogP contribution in [0.3, 0.4) is 0 Å². The van der Waals surface area contributed by atoms with Gasteiger partial charge in [-0.25, -0.2) is 12.8 Å². The first-order chi connectivity index (χ1) is 6.36. The Labute approximate surface area is 92.7 Å². The zero-order valence-corrected chi connectivity index (χ0v) is 9.62. The van der Waals surface area contributed by atoms with Crippen LogP contribution in [0.25, 0.3) is 0 Å². The molecule has 74 valence electrons. The molecule has 0 radical (unpaired) electrons. The maximum Gasteiger partial charge on any atom is 0.262 e. The van der Waals surface area contributed by atoms with Gasteiger partial charge in [0, 0.05) is 10.7 Å². The summed E-state index contributed by atoms with van der Waals surface area (Å²) in [6.45, 7) is 0. The lowest BCUT2D eigenvalue weighted by Crippen LogP contribution is -1.96. The van der Waals surface area contributed by atoms with Crippen molar-refractivity contribution in [2.75, 3.05) is 0 Å². The summed E-state index contributed by atoms with van der Waals surface area (Å²) in [5.41, 5.74) is -0.319. The first kappa shape index (κ1) is 11.4. The largest absolute Gasteiger partial charge is 0.262 e. The number of nitrogens with zero attached hydrogens (tertiary/aromatic N) is 1. The third-order valence-corrected chi connectivity index (χ3v) is 3.38. The Morgan fingerprint density at radius 1 is 1.50 bits per heavy atom. The molecule has 0 amide bonds. The highest BCUT2D eigenvalue weighted by atomic mass is 79.9. The van der Waals surface area contributed by atoms with Crippen LogP contribution in [-0.4, -0.2) is 8.42 Å². The molecule has 0 heterocycles. The fraction of sp³-hybridized carbons (Fsp3) is 0. The maximum absolute atomic E-state index is 12.9. The number of rotatable bonds is 1. The van der Waals surface area contributed by atoms with Crippen LogP contribution in [0.1, 0.15) is 5.56 Å². The van der Waals surface area contributed by atoms with E-state index in [-0.39, 0.29) is 10.0 Å². The second-order valence-electron chi connectivity index (χ2n) is 2.31. The fourth-order valence-corrected chi connectivity index (χ4v) is 2.32. The van der Waals surface area contributed by atoms with Crippen molar-refractivity contribution >= 4 is 35.7 Å². The van der Waals surface area contributed by atoms with Crippen molar-refractivity contribution in [3.05, 3.63) is 28.0 Å². The summed E-state index contributed by atoms with van der Waals surface area (Å²) in [5, 5.41) is 8.54. The van der Waals surface area contributed by atoms with Gasteiger partial charge in [0.05, 0.1) is 10.0 Å². The van der Waals surface area contributed by atoms with Crippen LogP contribution < -0.4 is 0 Å². The summed E-state index contributed by atoms with van der Waals surface area (Å²) in [6, 6.07) is 3.31. The Morgan fingerprint density at radius 3 is 2.50 bits per heavy atom. The van der Waals surface area contributed by atoms with E-state index in [1.165, 1.54) is 0 Å². The van der Waals surface area contributed by atoms with Gasteiger partial charge in [-0.3, -0.25) is 0 Å². The van der Waals surface area contributed by atoms with E-state index in [2.05, 4.69) is 15.9 Å². The number of halogens is 3. The van der Waals surface area contributed by atoms with Crippen molar-refractivity contribution in [3.63, 3.8) is 0 Å². The molecule has 0 unspecified atom stereocenters. The lowest BCUT2D eigenvalue weighted by molar-refractivity contribution is 0.605. The molecule has 0 aliphatic rings. The van der Waals surface area contributed by atoms with Crippen molar-refractivity contribution in [3.8, 4) is 6.07 Å². The molecule has 1 aromatic carbocycles. The predicted octanol–water partition coefficient (Wildman–Crippen LogP) is 2.39. The minimum atomic E-state index is -4.03. The predicted molar refractivity (Wildman–Crippen MR) is 51.9 cm³/mol. The summed E-state index contributed by atoms with van der Waals surface area (Å²) in [4.78, 5) is -0.407. The molecular weight excluding hydrogens is 297 g/mol. The number of hydrogen-bond donors (Lipinski definition) is 0. The van der Waals surface area contributed by atoms with E-state index in [4.69, 9.17) is 15.9 Å². The highest BCUT2D eigenvalue weighted by Gasteiger charge is 2.18. The van der Waals surface area contributed by atoms with Crippen LogP contribution >= 0.6 is 26.6 Å². The van der Waals surface area contributed by atoms with E-state index in [0.717, 1.165) is 12.1 Å². The zero-order chi connectivity index (χ0) is 10.9. The lowest BCUT2D eigenvalue weighted by atomic mass is 10.2. The first-order valence-electron chi connectivity index (χ1n) is 3.20. The molecule has 0 atom stereocenters. The van der Waals surface area contributed by atoms with Gasteiger partial charge < -0.3 is 0 Å². The molecule has 1 aromatic rings.